The van der Waals surface area contributed by atoms with Crippen molar-refractivity contribution in [1.29, 1.82) is 0 Å². The van der Waals surface area contributed by atoms with E-state index in [-0.39, 0.29) is 17.7 Å². The third kappa shape index (κ3) is 3.27. The molecule has 20 heavy (non-hydrogen) atoms. The van der Waals surface area contributed by atoms with E-state index in [0.29, 0.717) is 11.6 Å². The van der Waals surface area contributed by atoms with Gasteiger partial charge in [0.1, 0.15) is 11.9 Å². The van der Waals surface area contributed by atoms with Crippen LogP contribution < -0.4 is 5.32 Å². The Bertz CT molecular complexity index is 536. The number of anilines is 1. The molecule has 1 heterocycles. The van der Waals surface area contributed by atoms with Crippen molar-refractivity contribution >= 4 is 40.9 Å². The van der Waals surface area contributed by atoms with Crippen LogP contribution in [0.4, 0.5) is 5.69 Å². The lowest BCUT2D eigenvalue weighted by molar-refractivity contribution is -0.134. The number of thioether (sulfide) groups is 1. The fourth-order valence-corrected chi connectivity index (χ4v) is 3.49. The summed E-state index contributed by atoms with van der Waals surface area (Å²) in [5.74, 6) is 0.696. The molecule has 0 bridgehead atoms. The first kappa shape index (κ1) is 15.2. The SMILES string of the molecule is Cc1ccc(NC(=O)C2CSCN2C(=O)CCl)c(C)c1. The van der Waals surface area contributed by atoms with Crippen LogP contribution in [-0.4, -0.2) is 40.3 Å². The second kappa shape index (κ2) is 6.50. The lowest BCUT2D eigenvalue weighted by Gasteiger charge is -2.22. The number of carbonyl (C=O) groups is 2. The number of hydrogen-bond donors (Lipinski definition) is 1. The van der Waals surface area contributed by atoms with Crippen LogP contribution in [0, 0.1) is 13.8 Å². The molecule has 0 aromatic heterocycles. The van der Waals surface area contributed by atoms with Gasteiger partial charge >= 0.3 is 0 Å². The van der Waals surface area contributed by atoms with Gasteiger partial charge in [-0.2, -0.15) is 0 Å². The number of aryl methyl sites for hydroxylation is 2. The topological polar surface area (TPSA) is 49.4 Å². The van der Waals surface area contributed by atoms with Crippen LogP contribution in [0.25, 0.3) is 0 Å². The number of alkyl halides is 1. The van der Waals surface area contributed by atoms with E-state index in [2.05, 4.69) is 5.32 Å². The maximum absolute atomic E-state index is 12.3. The minimum Gasteiger partial charge on any atom is -0.324 e. The highest BCUT2D eigenvalue weighted by atomic mass is 35.5. The van der Waals surface area contributed by atoms with Gasteiger partial charge in [-0.1, -0.05) is 17.7 Å². The van der Waals surface area contributed by atoms with Gasteiger partial charge in [0.05, 0.1) is 5.88 Å². The van der Waals surface area contributed by atoms with E-state index in [4.69, 9.17) is 11.6 Å². The predicted molar refractivity (Wildman–Crippen MR) is 83.2 cm³/mol. The molecule has 0 spiro atoms. The lowest BCUT2D eigenvalue weighted by Crippen LogP contribution is -2.45. The fraction of sp³-hybridized carbons (Fsp3) is 0.429. The van der Waals surface area contributed by atoms with Crippen LogP contribution in [0.5, 0.6) is 0 Å². The summed E-state index contributed by atoms with van der Waals surface area (Å²) >= 11 is 7.14. The Balaban J connectivity index is 2.09. The fourth-order valence-electron chi connectivity index (χ4n) is 2.15. The summed E-state index contributed by atoms with van der Waals surface area (Å²) < 4.78 is 0. The van der Waals surface area contributed by atoms with Crippen LogP contribution in [0.15, 0.2) is 18.2 Å². The Labute approximate surface area is 127 Å². The van der Waals surface area contributed by atoms with Crippen molar-refractivity contribution in [3.8, 4) is 0 Å². The Morgan fingerprint density at radius 2 is 2.20 bits per heavy atom. The maximum Gasteiger partial charge on any atom is 0.248 e. The van der Waals surface area contributed by atoms with Gasteiger partial charge in [0.2, 0.25) is 11.8 Å². The van der Waals surface area contributed by atoms with Crippen molar-refractivity contribution in [2.24, 2.45) is 0 Å². The second-order valence-corrected chi connectivity index (χ2v) is 6.09. The highest BCUT2D eigenvalue weighted by molar-refractivity contribution is 7.99. The average molecular weight is 313 g/mol. The molecule has 6 heteroatoms. The van der Waals surface area contributed by atoms with Crippen LogP contribution in [0.3, 0.4) is 0 Å². The van der Waals surface area contributed by atoms with Crippen LogP contribution in [0.1, 0.15) is 11.1 Å². The van der Waals surface area contributed by atoms with Gasteiger partial charge in [-0.25, -0.2) is 0 Å². The molecule has 1 aromatic carbocycles. The van der Waals surface area contributed by atoms with Gasteiger partial charge in [0, 0.05) is 11.4 Å². The number of rotatable bonds is 3. The van der Waals surface area contributed by atoms with E-state index in [0.717, 1.165) is 16.8 Å². The smallest absolute Gasteiger partial charge is 0.248 e. The highest BCUT2D eigenvalue weighted by Gasteiger charge is 2.34. The third-order valence-corrected chi connectivity index (χ3v) is 4.50. The molecule has 0 aliphatic carbocycles. The quantitative estimate of drug-likeness (QED) is 0.872. The highest BCUT2D eigenvalue weighted by Crippen LogP contribution is 2.23. The summed E-state index contributed by atoms with van der Waals surface area (Å²) in [6.07, 6.45) is 0. The second-order valence-electron chi connectivity index (χ2n) is 4.82. The Kier molecular flexibility index (Phi) is 4.94. The van der Waals surface area contributed by atoms with E-state index in [1.807, 2.05) is 32.0 Å². The summed E-state index contributed by atoms with van der Waals surface area (Å²) in [5.41, 5.74) is 2.95. The minimum absolute atomic E-state index is 0.0894. The zero-order valence-corrected chi connectivity index (χ0v) is 13.1. The molecule has 1 N–H and O–H groups in total. The lowest BCUT2D eigenvalue weighted by atomic mass is 10.1. The average Bonchev–Trinajstić information content (AvgIpc) is 2.90. The molecule has 1 aliphatic rings. The Morgan fingerprint density at radius 3 is 2.85 bits per heavy atom. The molecular formula is C14H17ClN2O2S. The number of halogens is 1. The summed E-state index contributed by atoms with van der Waals surface area (Å²) in [7, 11) is 0. The molecule has 1 atom stereocenters. The molecule has 1 aliphatic heterocycles. The first-order chi connectivity index (χ1) is 9.52. The van der Waals surface area contributed by atoms with Crippen molar-refractivity contribution < 1.29 is 9.59 Å². The molecule has 1 unspecified atom stereocenters. The summed E-state index contributed by atoms with van der Waals surface area (Å²) in [6, 6.07) is 5.42. The van der Waals surface area contributed by atoms with Crippen LogP contribution in [0.2, 0.25) is 0 Å². The molecule has 2 rings (SSSR count). The Morgan fingerprint density at radius 1 is 1.45 bits per heavy atom. The van der Waals surface area contributed by atoms with Crippen LogP contribution in [-0.2, 0) is 9.59 Å². The molecule has 0 radical (unpaired) electrons. The van der Waals surface area contributed by atoms with Crippen molar-refractivity contribution in [2.45, 2.75) is 19.9 Å². The number of nitrogens with zero attached hydrogens (tertiary/aromatic N) is 1. The van der Waals surface area contributed by atoms with Gasteiger partial charge in [0.25, 0.3) is 0 Å². The maximum atomic E-state index is 12.3. The summed E-state index contributed by atoms with van der Waals surface area (Å²) in [5, 5.41) is 2.90. The molecule has 1 fully saturated rings. The van der Waals surface area contributed by atoms with Crippen molar-refractivity contribution in [3.63, 3.8) is 0 Å². The number of nitrogens with one attached hydrogen (secondary N) is 1. The molecule has 4 nitrogen and oxygen atoms in total. The first-order valence-electron chi connectivity index (χ1n) is 6.34. The zero-order valence-electron chi connectivity index (χ0n) is 11.5. The van der Waals surface area contributed by atoms with Crippen molar-refractivity contribution in [3.05, 3.63) is 29.3 Å². The molecule has 1 saturated heterocycles. The van der Waals surface area contributed by atoms with Gasteiger partial charge in [-0.05, 0) is 25.5 Å². The van der Waals surface area contributed by atoms with Crippen molar-refractivity contribution in [2.75, 3.05) is 22.8 Å². The standard InChI is InChI=1S/C14H17ClN2O2S/c1-9-3-4-11(10(2)5-9)16-14(19)12-7-20-8-17(12)13(18)6-15/h3-5,12H,6-8H2,1-2H3,(H,16,19). The summed E-state index contributed by atoms with van der Waals surface area (Å²) in [4.78, 5) is 25.6. The molecule has 108 valence electrons. The molecule has 2 amide bonds. The van der Waals surface area contributed by atoms with Crippen molar-refractivity contribution in [1.82, 2.24) is 4.90 Å². The van der Waals surface area contributed by atoms with E-state index >= 15 is 0 Å². The molecule has 1 aromatic rings. The number of amides is 2. The van der Waals surface area contributed by atoms with Gasteiger partial charge < -0.3 is 10.2 Å². The number of benzene rings is 1. The monoisotopic (exact) mass is 312 g/mol. The largest absolute Gasteiger partial charge is 0.324 e. The molecular weight excluding hydrogens is 296 g/mol. The van der Waals surface area contributed by atoms with Gasteiger partial charge in [0.15, 0.2) is 0 Å². The van der Waals surface area contributed by atoms with E-state index in [9.17, 15) is 9.59 Å². The number of hydrogen-bond acceptors (Lipinski definition) is 3. The van der Waals surface area contributed by atoms with E-state index in [1.165, 1.54) is 4.90 Å². The Hall–Kier alpha value is -1.20. The zero-order chi connectivity index (χ0) is 14.7. The van der Waals surface area contributed by atoms with Crippen LogP contribution >= 0.6 is 23.4 Å². The van der Waals surface area contributed by atoms with E-state index < -0.39 is 6.04 Å². The van der Waals surface area contributed by atoms with Gasteiger partial charge in [-0.15, -0.1) is 23.4 Å². The normalized spacial score (nSPS) is 18.1. The predicted octanol–water partition coefficient (Wildman–Crippen LogP) is 2.38. The number of carbonyl (C=O) groups excluding carboxylic acids is 2. The molecule has 0 saturated carbocycles. The third-order valence-electron chi connectivity index (χ3n) is 3.26. The van der Waals surface area contributed by atoms with E-state index in [1.54, 1.807) is 11.8 Å². The summed E-state index contributed by atoms with van der Waals surface area (Å²) in [6.45, 7) is 3.96. The van der Waals surface area contributed by atoms with Gasteiger partial charge in [-0.3, -0.25) is 9.59 Å². The first-order valence-corrected chi connectivity index (χ1v) is 8.03. The minimum atomic E-state index is -0.438.